The van der Waals surface area contributed by atoms with E-state index in [4.69, 9.17) is 0 Å². The molecule has 1 N–H and O–H groups in total. The second-order valence-corrected chi connectivity index (χ2v) is 5.81. The van der Waals surface area contributed by atoms with E-state index in [9.17, 15) is 0 Å². The molecule has 1 aliphatic carbocycles. The van der Waals surface area contributed by atoms with Crippen LogP contribution in [0, 0.1) is 0 Å². The Morgan fingerprint density at radius 3 is 2.53 bits per heavy atom. The van der Waals surface area contributed by atoms with Gasteiger partial charge in [0.15, 0.2) is 0 Å². The molecule has 3 rings (SSSR count). The molecule has 1 fully saturated rings. The highest BCUT2D eigenvalue weighted by Gasteiger charge is 2.19. The summed E-state index contributed by atoms with van der Waals surface area (Å²) < 4.78 is 0. The van der Waals surface area contributed by atoms with Gasteiger partial charge in [0.25, 0.3) is 0 Å². The van der Waals surface area contributed by atoms with Crippen molar-refractivity contribution >= 4 is 11.8 Å². The van der Waals surface area contributed by atoms with E-state index in [1.165, 1.54) is 23.3 Å². The van der Waals surface area contributed by atoms with Gasteiger partial charge in [-0.3, -0.25) is 0 Å². The molecule has 1 heterocycles. The number of aromatic nitrogens is 2. The Balaban J connectivity index is 1.50. The Morgan fingerprint density at radius 1 is 1.11 bits per heavy atom. The second-order valence-electron chi connectivity index (χ2n) is 4.76. The number of hydrogen-bond acceptors (Lipinski definition) is 4. The van der Waals surface area contributed by atoms with E-state index in [0.717, 1.165) is 24.2 Å². The van der Waals surface area contributed by atoms with Crippen LogP contribution in [-0.4, -0.2) is 16.0 Å². The first-order valence-corrected chi connectivity index (χ1v) is 7.60. The van der Waals surface area contributed by atoms with Crippen molar-refractivity contribution < 1.29 is 0 Å². The summed E-state index contributed by atoms with van der Waals surface area (Å²) in [6, 6.07) is 11.1. The van der Waals surface area contributed by atoms with Gasteiger partial charge in [0.2, 0.25) is 0 Å². The number of nitrogens with zero attached hydrogens (tertiary/aromatic N) is 2. The van der Waals surface area contributed by atoms with Crippen molar-refractivity contribution in [2.45, 2.75) is 36.1 Å². The number of rotatable bonds is 6. The smallest absolute Gasteiger partial charge is 0.138 e. The maximum atomic E-state index is 4.42. The molecule has 0 aliphatic heterocycles. The highest BCUT2D eigenvalue weighted by Crippen LogP contribution is 2.21. The van der Waals surface area contributed by atoms with Crippen LogP contribution in [0.15, 0.2) is 47.6 Å². The van der Waals surface area contributed by atoms with Crippen LogP contribution in [0.5, 0.6) is 0 Å². The summed E-state index contributed by atoms with van der Waals surface area (Å²) in [4.78, 5) is 10.1. The fraction of sp³-hybridized carbons (Fsp3) is 0.333. The van der Waals surface area contributed by atoms with E-state index >= 15 is 0 Å². The first kappa shape index (κ1) is 12.6. The number of nitrogens with one attached hydrogen (secondary N) is 1. The van der Waals surface area contributed by atoms with Crippen LogP contribution < -0.4 is 5.32 Å². The highest BCUT2D eigenvalue weighted by molar-refractivity contribution is 7.98. The summed E-state index contributed by atoms with van der Waals surface area (Å²) in [7, 11) is 0. The Kier molecular flexibility index (Phi) is 4.10. The lowest BCUT2D eigenvalue weighted by atomic mass is 10.3. The van der Waals surface area contributed by atoms with E-state index in [2.05, 4.69) is 39.6 Å². The summed E-state index contributed by atoms with van der Waals surface area (Å²) in [5.74, 6) is 1.71. The summed E-state index contributed by atoms with van der Waals surface area (Å²) in [5.41, 5.74) is 1.17. The molecule has 0 amide bonds. The zero-order valence-electron chi connectivity index (χ0n) is 10.7. The van der Waals surface area contributed by atoms with Crippen LogP contribution in [0.25, 0.3) is 0 Å². The monoisotopic (exact) mass is 271 g/mol. The first-order chi connectivity index (χ1) is 9.40. The fourth-order valence-corrected chi connectivity index (χ4v) is 2.56. The van der Waals surface area contributed by atoms with Crippen LogP contribution >= 0.6 is 11.8 Å². The summed E-state index contributed by atoms with van der Waals surface area (Å²) >= 11 is 1.77. The third-order valence-corrected chi connectivity index (χ3v) is 4.05. The lowest BCUT2D eigenvalue weighted by molar-refractivity contribution is 0.682. The summed E-state index contributed by atoms with van der Waals surface area (Å²) in [6.07, 6.45) is 6.49. The first-order valence-electron chi connectivity index (χ1n) is 6.61. The summed E-state index contributed by atoms with van der Waals surface area (Å²) in [6.45, 7) is 0.886. The van der Waals surface area contributed by atoms with Gasteiger partial charge in [0.05, 0.1) is 5.75 Å². The van der Waals surface area contributed by atoms with Gasteiger partial charge < -0.3 is 5.32 Å². The zero-order chi connectivity index (χ0) is 12.9. The van der Waals surface area contributed by atoms with Gasteiger partial charge in [-0.15, -0.1) is 11.8 Å². The van der Waals surface area contributed by atoms with Crippen LogP contribution in [0.2, 0.25) is 0 Å². The average Bonchev–Trinajstić information content (AvgIpc) is 3.29. The minimum Gasteiger partial charge on any atom is -0.310 e. The van der Waals surface area contributed by atoms with E-state index in [0.29, 0.717) is 0 Å². The molecule has 0 saturated heterocycles. The van der Waals surface area contributed by atoms with Crippen molar-refractivity contribution in [2.24, 2.45) is 0 Å². The highest BCUT2D eigenvalue weighted by atomic mass is 32.2. The zero-order valence-corrected chi connectivity index (χ0v) is 11.6. The van der Waals surface area contributed by atoms with Crippen molar-refractivity contribution in [3.05, 3.63) is 54.1 Å². The van der Waals surface area contributed by atoms with Crippen LogP contribution in [0.1, 0.15) is 24.2 Å². The third kappa shape index (κ3) is 4.04. The molecule has 0 unspecified atom stereocenters. The quantitative estimate of drug-likeness (QED) is 0.820. The van der Waals surface area contributed by atoms with Crippen molar-refractivity contribution in [1.82, 2.24) is 15.3 Å². The molecule has 2 aromatic rings. The number of hydrogen-bond donors (Lipinski definition) is 1. The molecule has 0 radical (unpaired) electrons. The molecule has 98 valence electrons. The third-order valence-electron chi connectivity index (χ3n) is 3.04. The normalized spacial score (nSPS) is 14.5. The van der Waals surface area contributed by atoms with Gasteiger partial charge in [-0.05, 0) is 25.0 Å². The van der Waals surface area contributed by atoms with E-state index < -0.39 is 0 Å². The Bertz CT molecular complexity index is 509. The largest absolute Gasteiger partial charge is 0.310 e. The minimum atomic E-state index is 0.730. The molecule has 1 aromatic heterocycles. The minimum absolute atomic E-state index is 0.730. The van der Waals surface area contributed by atoms with E-state index in [1.807, 2.05) is 18.5 Å². The van der Waals surface area contributed by atoms with Crippen LogP contribution in [0.3, 0.4) is 0 Å². The second kappa shape index (κ2) is 6.17. The van der Waals surface area contributed by atoms with E-state index in [1.54, 1.807) is 11.8 Å². The predicted octanol–water partition coefficient (Wildman–Crippen LogP) is 3.02. The predicted molar refractivity (Wildman–Crippen MR) is 77.9 cm³/mol. The van der Waals surface area contributed by atoms with Crippen molar-refractivity contribution in [1.29, 1.82) is 0 Å². The molecular weight excluding hydrogens is 254 g/mol. The molecular formula is C15H17N3S. The Labute approximate surface area is 117 Å². The molecule has 0 atom stereocenters. The van der Waals surface area contributed by atoms with Crippen LogP contribution in [0.4, 0.5) is 0 Å². The Hall–Kier alpha value is -1.39. The molecule has 1 aliphatic rings. The molecule has 0 bridgehead atoms. The van der Waals surface area contributed by atoms with E-state index in [-0.39, 0.29) is 0 Å². The Morgan fingerprint density at radius 2 is 1.84 bits per heavy atom. The van der Waals surface area contributed by atoms with Gasteiger partial charge in [0, 0.05) is 35.4 Å². The number of benzene rings is 1. The van der Waals surface area contributed by atoms with Crippen molar-refractivity contribution in [3.8, 4) is 0 Å². The van der Waals surface area contributed by atoms with Gasteiger partial charge in [-0.25, -0.2) is 9.97 Å². The maximum Gasteiger partial charge on any atom is 0.138 e. The number of thioether (sulfide) groups is 1. The van der Waals surface area contributed by atoms with Crippen LogP contribution in [-0.2, 0) is 12.3 Å². The summed E-state index contributed by atoms with van der Waals surface area (Å²) in [5, 5.41) is 3.46. The van der Waals surface area contributed by atoms with Gasteiger partial charge in [-0.2, -0.15) is 0 Å². The SMILES string of the molecule is c1ccc(SCc2ncc(CNC3CC3)cn2)cc1. The molecule has 1 aromatic carbocycles. The van der Waals surface area contributed by atoms with Gasteiger partial charge >= 0.3 is 0 Å². The maximum absolute atomic E-state index is 4.42. The van der Waals surface area contributed by atoms with Gasteiger partial charge in [-0.1, -0.05) is 18.2 Å². The van der Waals surface area contributed by atoms with Crippen molar-refractivity contribution in [2.75, 3.05) is 0 Å². The molecule has 1 saturated carbocycles. The molecule has 19 heavy (non-hydrogen) atoms. The molecule has 4 heteroatoms. The topological polar surface area (TPSA) is 37.8 Å². The fourth-order valence-electron chi connectivity index (χ4n) is 1.76. The molecule has 3 nitrogen and oxygen atoms in total. The lowest BCUT2D eigenvalue weighted by Gasteiger charge is -2.04. The standard InChI is InChI=1S/C15H17N3S/c1-2-4-14(5-3-1)19-11-15-17-9-12(10-18-15)8-16-13-6-7-13/h1-5,9-10,13,16H,6-8,11H2. The van der Waals surface area contributed by atoms with Gasteiger partial charge in [0.1, 0.15) is 5.82 Å². The van der Waals surface area contributed by atoms with Crippen molar-refractivity contribution in [3.63, 3.8) is 0 Å². The molecule has 0 spiro atoms. The average molecular weight is 271 g/mol. The lowest BCUT2D eigenvalue weighted by Crippen LogP contribution is -2.15.